The van der Waals surface area contributed by atoms with Crippen LogP contribution in [0.15, 0.2) is 52.9 Å². The molecular weight excluding hydrogens is 427 g/mol. The molecule has 1 fully saturated rings. The number of rotatable bonds is 4. The van der Waals surface area contributed by atoms with Crippen molar-refractivity contribution >= 4 is 16.6 Å². The van der Waals surface area contributed by atoms with E-state index in [0.717, 1.165) is 36.7 Å². The summed E-state index contributed by atoms with van der Waals surface area (Å²) in [5.74, 6) is -0.631. The zero-order chi connectivity index (χ0) is 22.6. The smallest absolute Gasteiger partial charge is 0.408 e. The summed E-state index contributed by atoms with van der Waals surface area (Å²) in [5.41, 5.74) is -0.0164. The van der Waals surface area contributed by atoms with Gasteiger partial charge in [0, 0.05) is 28.2 Å². The second kappa shape index (κ2) is 7.23. The normalized spacial score (nSPS) is 14.1. The molecule has 3 nitrogen and oxygen atoms in total. The zero-order valence-corrected chi connectivity index (χ0v) is 16.5. The van der Waals surface area contributed by atoms with Crippen molar-refractivity contribution in [3.05, 3.63) is 88.6 Å². The van der Waals surface area contributed by atoms with E-state index >= 15 is 0 Å². The van der Waals surface area contributed by atoms with Gasteiger partial charge in [-0.3, -0.25) is 0 Å². The maximum atomic E-state index is 13.8. The Kier molecular flexibility index (Phi) is 4.59. The summed E-state index contributed by atoms with van der Waals surface area (Å²) < 4.78 is 76.0. The first-order valence-electron chi connectivity index (χ1n) is 9.90. The lowest BCUT2D eigenvalue weighted by Gasteiger charge is -2.12. The van der Waals surface area contributed by atoms with Gasteiger partial charge in [-0.05, 0) is 55.2 Å². The van der Waals surface area contributed by atoms with E-state index in [2.05, 4.69) is 4.85 Å². The minimum atomic E-state index is -4.66. The van der Waals surface area contributed by atoms with Gasteiger partial charge in [-0.1, -0.05) is 6.07 Å². The summed E-state index contributed by atoms with van der Waals surface area (Å²) in [7, 11) is 0. The lowest BCUT2D eigenvalue weighted by atomic mass is 10.1. The number of hydrogen-bond acceptors (Lipinski definition) is 1. The summed E-state index contributed by atoms with van der Waals surface area (Å²) in [6.45, 7) is 7.30. The van der Waals surface area contributed by atoms with E-state index in [4.69, 9.17) is 11.0 Å². The van der Waals surface area contributed by atoms with Crippen molar-refractivity contribution in [3.8, 4) is 11.3 Å². The predicted molar refractivity (Wildman–Crippen MR) is 108 cm³/mol. The van der Waals surface area contributed by atoms with Crippen LogP contribution in [0.3, 0.4) is 0 Å². The van der Waals surface area contributed by atoms with Gasteiger partial charge >= 0.3 is 6.18 Å². The first-order chi connectivity index (χ1) is 15.2. The molecule has 8 heteroatoms. The fourth-order valence-corrected chi connectivity index (χ4v) is 4.10. The molecule has 32 heavy (non-hydrogen) atoms. The molecule has 0 radical (unpaired) electrons. The quantitative estimate of drug-likeness (QED) is 0.235. The third-order valence-corrected chi connectivity index (χ3v) is 5.62. The molecular formula is C24H15F5N2O. The van der Waals surface area contributed by atoms with E-state index < -0.39 is 29.1 Å². The van der Waals surface area contributed by atoms with Crippen molar-refractivity contribution in [1.82, 2.24) is 4.57 Å². The van der Waals surface area contributed by atoms with E-state index in [1.54, 1.807) is 16.7 Å². The number of fused-ring (bicyclic) bond motifs is 1. The highest BCUT2D eigenvalue weighted by atomic mass is 19.4. The van der Waals surface area contributed by atoms with E-state index in [0.29, 0.717) is 11.3 Å². The average molecular weight is 442 g/mol. The highest BCUT2D eigenvalue weighted by Crippen LogP contribution is 2.47. The predicted octanol–water partition coefficient (Wildman–Crippen LogP) is 7.67. The highest BCUT2D eigenvalue weighted by Gasteiger charge is 2.37. The number of hydrogen-bond donors (Lipinski definition) is 0. The third kappa shape index (κ3) is 3.54. The molecule has 2 aromatic heterocycles. The topological polar surface area (TPSA) is 22.4 Å². The van der Waals surface area contributed by atoms with E-state index in [1.165, 1.54) is 18.2 Å². The Bertz CT molecular complexity index is 1370. The number of aromatic nitrogens is 1. The Morgan fingerprint density at radius 3 is 2.34 bits per heavy atom. The number of nitrogens with zero attached hydrogens (tertiary/aromatic N) is 2. The second-order valence-electron chi connectivity index (χ2n) is 7.86. The minimum Gasteiger partial charge on any atom is -0.459 e. The van der Waals surface area contributed by atoms with Gasteiger partial charge in [0.15, 0.2) is 5.69 Å². The summed E-state index contributed by atoms with van der Waals surface area (Å²) in [4.78, 5) is 3.06. The fraction of sp³-hybridized carbons (Fsp3) is 0.208. The molecule has 1 saturated carbocycles. The van der Waals surface area contributed by atoms with Crippen LogP contribution in [0.1, 0.15) is 35.8 Å². The molecule has 0 atom stereocenters. The summed E-state index contributed by atoms with van der Waals surface area (Å²) in [6.07, 6.45) is -2.91. The van der Waals surface area contributed by atoms with Crippen molar-refractivity contribution in [1.29, 1.82) is 0 Å². The molecule has 0 spiro atoms. The first-order valence-corrected chi connectivity index (χ1v) is 9.90. The molecule has 0 N–H and O–H groups in total. The van der Waals surface area contributed by atoms with Crippen LogP contribution < -0.4 is 0 Å². The molecule has 0 aliphatic heterocycles. The van der Waals surface area contributed by atoms with Gasteiger partial charge < -0.3 is 8.98 Å². The third-order valence-electron chi connectivity index (χ3n) is 5.62. The van der Waals surface area contributed by atoms with Crippen LogP contribution in [0.2, 0.25) is 0 Å². The standard InChI is InChI=1S/C24H15F5N2O/c1-30-19-5-6-20-18(23(19)24(27,28)29)11-21(13-2-3-13)31(20)12-17-4-7-22(32-17)14-8-15(25)10-16(26)9-14/h4-11,13H,2-3,12H2. The van der Waals surface area contributed by atoms with Crippen molar-refractivity contribution in [2.45, 2.75) is 31.5 Å². The SMILES string of the molecule is [C-]#[N+]c1ccc2c(cc(C3CC3)n2Cc2ccc(-c3cc(F)cc(F)c3)o2)c1C(F)(F)F. The van der Waals surface area contributed by atoms with Gasteiger partial charge in [0.1, 0.15) is 23.2 Å². The zero-order valence-electron chi connectivity index (χ0n) is 16.5. The van der Waals surface area contributed by atoms with Crippen LogP contribution in [0.25, 0.3) is 27.1 Å². The molecule has 2 aromatic carbocycles. The van der Waals surface area contributed by atoms with Crippen molar-refractivity contribution < 1.29 is 26.4 Å². The minimum absolute atomic E-state index is 0.00752. The number of alkyl halides is 3. The lowest BCUT2D eigenvalue weighted by Crippen LogP contribution is -2.06. The molecule has 1 aliphatic rings. The molecule has 4 aromatic rings. The molecule has 5 rings (SSSR count). The molecule has 162 valence electrons. The number of halogens is 5. The molecule has 0 saturated heterocycles. The van der Waals surface area contributed by atoms with Crippen molar-refractivity contribution in [2.24, 2.45) is 0 Å². The van der Waals surface area contributed by atoms with Gasteiger partial charge in [-0.15, -0.1) is 0 Å². The van der Waals surface area contributed by atoms with Gasteiger partial charge in [-0.25, -0.2) is 13.6 Å². The highest BCUT2D eigenvalue weighted by molar-refractivity contribution is 5.90. The first kappa shape index (κ1) is 20.3. The Morgan fingerprint density at radius 1 is 1.00 bits per heavy atom. The molecule has 0 unspecified atom stereocenters. The summed E-state index contributed by atoms with van der Waals surface area (Å²) >= 11 is 0. The van der Waals surface area contributed by atoms with Gasteiger partial charge in [0.2, 0.25) is 0 Å². The van der Waals surface area contributed by atoms with E-state index in [-0.39, 0.29) is 29.2 Å². The van der Waals surface area contributed by atoms with E-state index in [9.17, 15) is 22.0 Å². The maximum Gasteiger partial charge on any atom is 0.408 e. The van der Waals surface area contributed by atoms with Crippen LogP contribution >= 0.6 is 0 Å². The van der Waals surface area contributed by atoms with Crippen LogP contribution in [-0.4, -0.2) is 4.57 Å². The van der Waals surface area contributed by atoms with Gasteiger partial charge in [0.05, 0.1) is 18.7 Å². The lowest BCUT2D eigenvalue weighted by molar-refractivity contribution is -0.135. The molecule has 0 amide bonds. The Hall–Kier alpha value is -3.60. The van der Waals surface area contributed by atoms with Crippen molar-refractivity contribution in [3.63, 3.8) is 0 Å². The Morgan fingerprint density at radius 2 is 1.72 bits per heavy atom. The van der Waals surface area contributed by atoms with Crippen LogP contribution in [0.5, 0.6) is 0 Å². The Balaban J connectivity index is 1.60. The van der Waals surface area contributed by atoms with Crippen LogP contribution in [0.4, 0.5) is 27.6 Å². The van der Waals surface area contributed by atoms with Crippen molar-refractivity contribution in [2.75, 3.05) is 0 Å². The average Bonchev–Trinajstić information content (AvgIpc) is 3.35. The Labute approximate surface area is 179 Å². The second-order valence-corrected chi connectivity index (χ2v) is 7.86. The maximum absolute atomic E-state index is 13.8. The monoisotopic (exact) mass is 442 g/mol. The molecule has 2 heterocycles. The van der Waals surface area contributed by atoms with Crippen LogP contribution in [-0.2, 0) is 12.7 Å². The molecule has 1 aliphatic carbocycles. The van der Waals surface area contributed by atoms with E-state index in [1.807, 2.05) is 0 Å². The van der Waals surface area contributed by atoms with Gasteiger partial charge in [-0.2, -0.15) is 13.2 Å². The van der Waals surface area contributed by atoms with Crippen LogP contribution in [0, 0.1) is 18.2 Å². The fourth-order valence-electron chi connectivity index (χ4n) is 4.10. The van der Waals surface area contributed by atoms with Gasteiger partial charge in [0.25, 0.3) is 0 Å². The number of benzene rings is 2. The number of furan rings is 1. The summed E-state index contributed by atoms with van der Waals surface area (Å²) in [6, 6.07) is 10.5. The largest absolute Gasteiger partial charge is 0.459 e. The summed E-state index contributed by atoms with van der Waals surface area (Å²) in [5, 5.41) is -0.00752. The molecule has 0 bridgehead atoms.